The number of hydrogen-bond donors (Lipinski definition) is 2. The average molecular weight is 237 g/mol. The van der Waals surface area contributed by atoms with E-state index in [9.17, 15) is 14.3 Å². The predicted molar refractivity (Wildman–Crippen MR) is 63.1 cm³/mol. The number of hydrogen-bond acceptors (Lipinski definition) is 2. The summed E-state index contributed by atoms with van der Waals surface area (Å²) in [6, 6.07) is 2.96. The molecule has 1 heterocycles. The van der Waals surface area contributed by atoms with Gasteiger partial charge in [0.05, 0.1) is 6.10 Å². The number of halogens is 1. The number of benzene rings is 1. The van der Waals surface area contributed by atoms with Gasteiger partial charge in [-0.15, -0.1) is 0 Å². The number of amides is 1. The topological polar surface area (TPSA) is 49.3 Å². The molecule has 2 rings (SSSR count). The Bertz CT molecular complexity index is 457. The van der Waals surface area contributed by atoms with Gasteiger partial charge in [0.25, 0.3) is 0 Å². The fourth-order valence-corrected chi connectivity index (χ4v) is 2.01. The fraction of sp³-hybridized carbons (Fsp3) is 0.462. The largest absolute Gasteiger partial charge is 0.388 e. The molecule has 4 heteroatoms. The Balaban J connectivity index is 2.41. The standard InChI is InChI=1S/C13H16FNO2/c1-7(2)13(17)9-5-8-3-4-12(16)15-11(8)6-10(9)14/h5-7,13,17H,3-4H2,1-2H3,(H,15,16). The van der Waals surface area contributed by atoms with Crippen molar-refractivity contribution in [2.75, 3.05) is 5.32 Å². The molecule has 0 saturated carbocycles. The first-order valence-corrected chi connectivity index (χ1v) is 5.79. The molecule has 1 atom stereocenters. The number of aryl methyl sites for hydroxylation is 1. The first-order chi connectivity index (χ1) is 7.99. The summed E-state index contributed by atoms with van der Waals surface area (Å²) in [4.78, 5) is 11.2. The predicted octanol–water partition coefficient (Wildman–Crippen LogP) is 2.40. The number of aliphatic hydroxyl groups is 1. The summed E-state index contributed by atoms with van der Waals surface area (Å²) in [5.74, 6) is -0.595. The van der Waals surface area contributed by atoms with Crippen molar-refractivity contribution in [3.8, 4) is 0 Å². The Morgan fingerprint density at radius 2 is 2.06 bits per heavy atom. The second-order valence-corrected chi connectivity index (χ2v) is 4.77. The maximum absolute atomic E-state index is 13.8. The van der Waals surface area contributed by atoms with Crippen LogP contribution in [0.1, 0.15) is 37.5 Å². The van der Waals surface area contributed by atoms with Crippen molar-refractivity contribution in [2.24, 2.45) is 5.92 Å². The zero-order chi connectivity index (χ0) is 12.6. The number of carbonyl (C=O) groups excluding carboxylic acids is 1. The number of rotatable bonds is 2. The van der Waals surface area contributed by atoms with Crippen LogP contribution in [-0.4, -0.2) is 11.0 Å². The summed E-state index contributed by atoms with van der Waals surface area (Å²) in [6.07, 6.45) is 0.202. The summed E-state index contributed by atoms with van der Waals surface area (Å²) < 4.78 is 13.8. The van der Waals surface area contributed by atoms with E-state index >= 15 is 0 Å². The van der Waals surface area contributed by atoms with Gasteiger partial charge in [-0.05, 0) is 30.0 Å². The highest BCUT2D eigenvalue weighted by atomic mass is 19.1. The van der Waals surface area contributed by atoms with E-state index in [1.165, 1.54) is 6.07 Å². The lowest BCUT2D eigenvalue weighted by Gasteiger charge is -2.21. The lowest BCUT2D eigenvalue weighted by atomic mass is 9.93. The van der Waals surface area contributed by atoms with Gasteiger partial charge in [-0.2, -0.15) is 0 Å². The third kappa shape index (κ3) is 2.31. The van der Waals surface area contributed by atoms with Crippen molar-refractivity contribution < 1.29 is 14.3 Å². The molecule has 1 amide bonds. The zero-order valence-corrected chi connectivity index (χ0v) is 9.96. The normalized spacial score (nSPS) is 16.6. The quantitative estimate of drug-likeness (QED) is 0.829. The average Bonchev–Trinajstić information content (AvgIpc) is 2.27. The Labute approximate surface area is 99.7 Å². The van der Waals surface area contributed by atoms with Crippen molar-refractivity contribution in [1.82, 2.24) is 0 Å². The maximum Gasteiger partial charge on any atom is 0.224 e. The third-order valence-electron chi connectivity index (χ3n) is 3.07. The van der Waals surface area contributed by atoms with E-state index in [1.807, 2.05) is 13.8 Å². The Kier molecular flexibility index (Phi) is 3.15. The molecule has 0 aromatic heterocycles. The molecule has 1 unspecified atom stereocenters. The van der Waals surface area contributed by atoms with E-state index in [1.54, 1.807) is 6.07 Å². The first-order valence-electron chi connectivity index (χ1n) is 5.79. The van der Waals surface area contributed by atoms with Gasteiger partial charge < -0.3 is 10.4 Å². The van der Waals surface area contributed by atoms with E-state index in [-0.39, 0.29) is 11.8 Å². The Hall–Kier alpha value is -1.42. The molecule has 0 saturated heterocycles. The van der Waals surface area contributed by atoms with Crippen LogP contribution < -0.4 is 5.32 Å². The Morgan fingerprint density at radius 1 is 1.35 bits per heavy atom. The number of fused-ring (bicyclic) bond motifs is 1. The molecule has 1 aromatic rings. The third-order valence-corrected chi connectivity index (χ3v) is 3.07. The van der Waals surface area contributed by atoms with Crippen LogP contribution in [0.4, 0.5) is 10.1 Å². The molecular formula is C13H16FNO2. The van der Waals surface area contributed by atoms with Gasteiger partial charge in [-0.3, -0.25) is 4.79 Å². The van der Waals surface area contributed by atoms with E-state index in [0.29, 0.717) is 24.1 Å². The van der Waals surface area contributed by atoms with Crippen molar-refractivity contribution in [2.45, 2.75) is 32.8 Å². The van der Waals surface area contributed by atoms with Crippen molar-refractivity contribution >= 4 is 11.6 Å². The number of nitrogens with one attached hydrogen (secondary N) is 1. The highest BCUT2D eigenvalue weighted by molar-refractivity contribution is 5.93. The van der Waals surface area contributed by atoms with Crippen LogP contribution in [0.25, 0.3) is 0 Å². The number of anilines is 1. The second-order valence-electron chi connectivity index (χ2n) is 4.77. The van der Waals surface area contributed by atoms with E-state index in [2.05, 4.69) is 5.32 Å². The van der Waals surface area contributed by atoms with Gasteiger partial charge in [-0.25, -0.2) is 4.39 Å². The molecule has 0 fully saturated rings. The minimum Gasteiger partial charge on any atom is -0.388 e. The minimum atomic E-state index is -0.807. The monoisotopic (exact) mass is 237 g/mol. The summed E-state index contributed by atoms with van der Waals surface area (Å²) in [6.45, 7) is 3.68. The van der Waals surface area contributed by atoms with E-state index in [4.69, 9.17) is 0 Å². The molecular weight excluding hydrogens is 221 g/mol. The van der Waals surface area contributed by atoms with Crippen LogP contribution in [0, 0.1) is 11.7 Å². The summed E-state index contributed by atoms with van der Waals surface area (Å²) in [7, 11) is 0. The number of aliphatic hydroxyl groups excluding tert-OH is 1. The minimum absolute atomic E-state index is 0.0410. The SMILES string of the molecule is CC(C)C(O)c1cc2c(cc1F)NC(=O)CC2. The van der Waals surface area contributed by atoms with Crippen LogP contribution in [0.3, 0.4) is 0 Å². The van der Waals surface area contributed by atoms with Gasteiger partial charge in [0.2, 0.25) is 5.91 Å². The molecule has 1 aliphatic rings. The number of carbonyl (C=O) groups is 1. The molecule has 0 bridgehead atoms. The van der Waals surface area contributed by atoms with Gasteiger partial charge in [0, 0.05) is 17.7 Å². The molecule has 1 aliphatic heterocycles. The molecule has 0 aliphatic carbocycles. The molecule has 1 aromatic carbocycles. The van der Waals surface area contributed by atoms with Gasteiger partial charge in [0.1, 0.15) is 5.82 Å². The van der Waals surface area contributed by atoms with Crippen LogP contribution in [0.5, 0.6) is 0 Å². The van der Waals surface area contributed by atoms with Crippen molar-refractivity contribution in [3.63, 3.8) is 0 Å². The lowest BCUT2D eigenvalue weighted by Crippen LogP contribution is -2.20. The first kappa shape index (κ1) is 12.0. The van der Waals surface area contributed by atoms with Gasteiger partial charge >= 0.3 is 0 Å². The highest BCUT2D eigenvalue weighted by Crippen LogP contribution is 2.31. The van der Waals surface area contributed by atoms with E-state index < -0.39 is 11.9 Å². The second kappa shape index (κ2) is 4.45. The maximum atomic E-state index is 13.8. The highest BCUT2D eigenvalue weighted by Gasteiger charge is 2.22. The summed E-state index contributed by atoms with van der Waals surface area (Å²) in [5.41, 5.74) is 1.73. The van der Waals surface area contributed by atoms with E-state index in [0.717, 1.165) is 5.56 Å². The molecule has 0 radical (unpaired) electrons. The lowest BCUT2D eigenvalue weighted by molar-refractivity contribution is -0.116. The smallest absolute Gasteiger partial charge is 0.224 e. The fourth-order valence-electron chi connectivity index (χ4n) is 2.01. The van der Waals surface area contributed by atoms with Crippen molar-refractivity contribution in [1.29, 1.82) is 0 Å². The molecule has 92 valence electrons. The summed E-state index contributed by atoms with van der Waals surface area (Å²) in [5, 5.41) is 12.5. The Morgan fingerprint density at radius 3 is 2.71 bits per heavy atom. The van der Waals surface area contributed by atoms with Crippen LogP contribution in [0.2, 0.25) is 0 Å². The molecule has 3 nitrogen and oxygen atoms in total. The molecule has 2 N–H and O–H groups in total. The van der Waals surface area contributed by atoms with Gasteiger partial charge in [-0.1, -0.05) is 13.8 Å². The molecule has 17 heavy (non-hydrogen) atoms. The van der Waals surface area contributed by atoms with Crippen LogP contribution in [0.15, 0.2) is 12.1 Å². The van der Waals surface area contributed by atoms with Crippen LogP contribution in [-0.2, 0) is 11.2 Å². The van der Waals surface area contributed by atoms with Crippen molar-refractivity contribution in [3.05, 3.63) is 29.1 Å². The van der Waals surface area contributed by atoms with Crippen LogP contribution >= 0.6 is 0 Å². The molecule has 0 spiro atoms. The summed E-state index contributed by atoms with van der Waals surface area (Å²) >= 11 is 0. The van der Waals surface area contributed by atoms with Gasteiger partial charge in [0.15, 0.2) is 0 Å². The zero-order valence-electron chi connectivity index (χ0n) is 9.96.